The van der Waals surface area contributed by atoms with Crippen molar-refractivity contribution in [3.8, 4) is 0 Å². The SMILES string of the molecule is C.CC/C=C/C=C/C=C/C=CCCC(=O)OCOC(=O)C(C)C. The Bertz CT molecular complexity index is 429. The Morgan fingerprint density at radius 2 is 1.48 bits per heavy atom. The van der Waals surface area contributed by atoms with Gasteiger partial charge in [0.1, 0.15) is 0 Å². The molecule has 0 rings (SSSR count). The van der Waals surface area contributed by atoms with Gasteiger partial charge in [-0.2, -0.15) is 0 Å². The summed E-state index contributed by atoms with van der Waals surface area (Å²) in [6, 6.07) is 0. The van der Waals surface area contributed by atoms with Crippen LogP contribution >= 0.6 is 0 Å². The third-order valence-corrected chi connectivity index (χ3v) is 2.47. The van der Waals surface area contributed by atoms with Gasteiger partial charge in [-0.05, 0) is 12.8 Å². The maximum absolute atomic E-state index is 11.3. The van der Waals surface area contributed by atoms with E-state index in [-0.39, 0.29) is 38.5 Å². The number of ether oxygens (including phenoxy) is 2. The predicted molar refractivity (Wildman–Crippen MR) is 94.7 cm³/mol. The van der Waals surface area contributed by atoms with E-state index in [1.54, 1.807) is 13.8 Å². The van der Waals surface area contributed by atoms with E-state index in [0.717, 1.165) is 6.42 Å². The molecule has 0 atom stereocenters. The highest BCUT2D eigenvalue weighted by Gasteiger charge is 2.09. The molecule has 0 aromatic heterocycles. The summed E-state index contributed by atoms with van der Waals surface area (Å²) >= 11 is 0. The Hall–Kier alpha value is -2.10. The Morgan fingerprint density at radius 1 is 0.913 bits per heavy atom. The number of carbonyl (C=O) groups excluding carboxylic acids is 2. The topological polar surface area (TPSA) is 52.6 Å². The molecule has 0 fully saturated rings. The van der Waals surface area contributed by atoms with E-state index in [0.29, 0.717) is 6.42 Å². The third-order valence-electron chi connectivity index (χ3n) is 2.47. The minimum atomic E-state index is -0.380. The second-order valence-electron chi connectivity index (χ2n) is 4.83. The summed E-state index contributed by atoms with van der Waals surface area (Å²) in [5.74, 6) is -0.977. The normalized spacial score (nSPS) is 11.7. The lowest BCUT2D eigenvalue weighted by molar-refractivity contribution is -0.169. The van der Waals surface area contributed by atoms with Gasteiger partial charge in [-0.1, -0.05) is 76.8 Å². The molecule has 130 valence electrons. The van der Waals surface area contributed by atoms with Crippen molar-refractivity contribution in [3.05, 3.63) is 48.6 Å². The van der Waals surface area contributed by atoms with E-state index < -0.39 is 0 Å². The van der Waals surface area contributed by atoms with Crippen molar-refractivity contribution in [3.63, 3.8) is 0 Å². The Morgan fingerprint density at radius 3 is 2.04 bits per heavy atom. The van der Waals surface area contributed by atoms with E-state index in [4.69, 9.17) is 9.47 Å². The molecule has 0 bridgehead atoms. The van der Waals surface area contributed by atoms with Gasteiger partial charge in [0.15, 0.2) is 0 Å². The monoisotopic (exact) mass is 322 g/mol. The minimum Gasteiger partial charge on any atom is -0.428 e. The molecule has 0 aliphatic heterocycles. The van der Waals surface area contributed by atoms with Crippen LogP contribution in [-0.4, -0.2) is 18.7 Å². The van der Waals surface area contributed by atoms with Gasteiger partial charge in [0.25, 0.3) is 0 Å². The number of hydrogen-bond acceptors (Lipinski definition) is 4. The Labute approximate surface area is 140 Å². The van der Waals surface area contributed by atoms with Crippen molar-refractivity contribution in [2.24, 2.45) is 5.92 Å². The van der Waals surface area contributed by atoms with Crippen molar-refractivity contribution in [2.75, 3.05) is 6.79 Å². The molecule has 0 amide bonds. The minimum absolute atomic E-state index is 0. The molecule has 0 aromatic carbocycles. The van der Waals surface area contributed by atoms with Crippen molar-refractivity contribution in [2.45, 2.75) is 47.5 Å². The molecule has 0 unspecified atom stereocenters. The quantitative estimate of drug-likeness (QED) is 0.331. The van der Waals surface area contributed by atoms with Gasteiger partial charge in [0.05, 0.1) is 5.92 Å². The summed E-state index contributed by atoms with van der Waals surface area (Å²) in [4.78, 5) is 22.5. The number of rotatable bonds is 10. The molecule has 4 heteroatoms. The number of esters is 2. The average Bonchev–Trinajstić information content (AvgIpc) is 2.49. The highest BCUT2D eigenvalue weighted by molar-refractivity contribution is 5.72. The van der Waals surface area contributed by atoms with Crippen LogP contribution in [-0.2, 0) is 19.1 Å². The van der Waals surface area contributed by atoms with Crippen LogP contribution in [0.15, 0.2) is 48.6 Å². The van der Waals surface area contributed by atoms with Crippen LogP contribution in [0.1, 0.15) is 47.5 Å². The highest BCUT2D eigenvalue weighted by Crippen LogP contribution is 1.98. The van der Waals surface area contributed by atoms with Crippen LogP contribution in [0.4, 0.5) is 0 Å². The van der Waals surface area contributed by atoms with E-state index in [9.17, 15) is 9.59 Å². The van der Waals surface area contributed by atoms with Crippen LogP contribution in [0.5, 0.6) is 0 Å². The molecule has 0 aliphatic carbocycles. The summed E-state index contributed by atoms with van der Waals surface area (Å²) in [5, 5.41) is 0. The van der Waals surface area contributed by atoms with E-state index >= 15 is 0 Å². The maximum Gasteiger partial charge on any atom is 0.311 e. The van der Waals surface area contributed by atoms with Gasteiger partial charge in [-0.15, -0.1) is 0 Å². The molecule has 0 aromatic rings. The van der Waals surface area contributed by atoms with E-state index in [1.807, 2.05) is 42.5 Å². The second-order valence-corrected chi connectivity index (χ2v) is 4.83. The van der Waals surface area contributed by atoms with Gasteiger partial charge < -0.3 is 9.47 Å². The van der Waals surface area contributed by atoms with Gasteiger partial charge in [-0.3, -0.25) is 9.59 Å². The van der Waals surface area contributed by atoms with Gasteiger partial charge >= 0.3 is 11.9 Å². The van der Waals surface area contributed by atoms with Crippen LogP contribution in [0, 0.1) is 5.92 Å². The molecule has 0 saturated carbocycles. The van der Waals surface area contributed by atoms with Crippen molar-refractivity contribution in [1.29, 1.82) is 0 Å². The predicted octanol–water partition coefficient (Wildman–Crippen LogP) is 4.74. The van der Waals surface area contributed by atoms with Gasteiger partial charge in [0.2, 0.25) is 6.79 Å². The van der Waals surface area contributed by atoms with E-state index in [1.165, 1.54) is 0 Å². The van der Waals surface area contributed by atoms with Crippen molar-refractivity contribution < 1.29 is 19.1 Å². The summed E-state index contributed by atoms with van der Waals surface area (Å²) in [6.45, 7) is 5.22. The zero-order valence-corrected chi connectivity index (χ0v) is 13.7. The zero-order valence-electron chi connectivity index (χ0n) is 13.7. The van der Waals surface area contributed by atoms with Gasteiger partial charge in [-0.25, -0.2) is 0 Å². The lowest BCUT2D eigenvalue weighted by Gasteiger charge is -2.07. The molecule has 0 spiro atoms. The largest absolute Gasteiger partial charge is 0.428 e. The second kappa shape index (κ2) is 16.3. The zero-order chi connectivity index (χ0) is 16.6. The number of allylic oxidation sites excluding steroid dienone is 8. The summed E-state index contributed by atoms with van der Waals surface area (Å²) < 4.78 is 9.54. The summed E-state index contributed by atoms with van der Waals surface area (Å²) in [7, 11) is 0. The van der Waals surface area contributed by atoms with Crippen LogP contribution in [0.3, 0.4) is 0 Å². The standard InChI is InChI=1S/C18H26O4.CH4/c1-4-5-6-7-8-9-10-11-12-13-14-17(19)21-15-22-18(20)16(2)3;/h5-12,16H,4,13-15H2,1-3H3;1H4/b6-5+,8-7+,10-9+,12-11?;. The molecular formula is C19H30O4. The Kier molecular flexibility index (Phi) is 16.4. The summed E-state index contributed by atoms with van der Waals surface area (Å²) in [5.41, 5.74) is 0. The fourth-order valence-corrected chi connectivity index (χ4v) is 1.24. The van der Waals surface area contributed by atoms with Crippen molar-refractivity contribution in [1.82, 2.24) is 0 Å². The fraction of sp³-hybridized carbons (Fsp3) is 0.474. The lowest BCUT2D eigenvalue weighted by Crippen LogP contribution is -2.16. The molecule has 23 heavy (non-hydrogen) atoms. The lowest BCUT2D eigenvalue weighted by atomic mass is 10.2. The average molecular weight is 322 g/mol. The van der Waals surface area contributed by atoms with Crippen LogP contribution in [0.25, 0.3) is 0 Å². The highest BCUT2D eigenvalue weighted by atomic mass is 16.7. The molecule has 0 radical (unpaired) electrons. The first-order chi connectivity index (χ1) is 10.6. The molecule has 0 N–H and O–H groups in total. The smallest absolute Gasteiger partial charge is 0.311 e. The van der Waals surface area contributed by atoms with Crippen LogP contribution < -0.4 is 0 Å². The van der Waals surface area contributed by atoms with Crippen molar-refractivity contribution >= 4 is 11.9 Å². The molecule has 0 saturated heterocycles. The third kappa shape index (κ3) is 16.1. The van der Waals surface area contributed by atoms with Crippen LogP contribution in [0.2, 0.25) is 0 Å². The first-order valence-electron chi connectivity index (χ1n) is 7.55. The summed E-state index contributed by atoms with van der Waals surface area (Å²) in [6.07, 6.45) is 17.4. The first kappa shape index (κ1) is 23.2. The Balaban J connectivity index is 0. The van der Waals surface area contributed by atoms with E-state index in [2.05, 4.69) is 13.0 Å². The number of hydrogen-bond donors (Lipinski definition) is 0. The molecule has 0 aliphatic rings. The molecule has 0 heterocycles. The maximum atomic E-state index is 11.3. The number of carbonyl (C=O) groups is 2. The van der Waals surface area contributed by atoms with Gasteiger partial charge in [0, 0.05) is 6.42 Å². The first-order valence-corrected chi connectivity index (χ1v) is 7.55. The fourth-order valence-electron chi connectivity index (χ4n) is 1.24. The molecule has 4 nitrogen and oxygen atoms in total. The molecular weight excluding hydrogens is 292 g/mol.